The van der Waals surface area contributed by atoms with Gasteiger partial charge in [-0.05, 0) is 88.7 Å². The van der Waals surface area contributed by atoms with Crippen molar-refractivity contribution in [2.24, 2.45) is 11.8 Å². The second-order valence-corrected chi connectivity index (χ2v) is 11.3. The predicted octanol–water partition coefficient (Wildman–Crippen LogP) is 6.16. The summed E-state index contributed by atoms with van der Waals surface area (Å²) in [4.78, 5) is 6.98. The molecule has 4 heterocycles. The van der Waals surface area contributed by atoms with Gasteiger partial charge in [0.2, 0.25) is 0 Å². The number of hydrogen-bond acceptors (Lipinski definition) is 7. The molecule has 0 radical (unpaired) electrons. The molecule has 2 unspecified atom stereocenters. The quantitative estimate of drug-likeness (QED) is 0.293. The van der Waals surface area contributed by atoms with Gasteiger partial charge in [0.05, 0.1) is 24.8 Å². The standard InChI is InChI=1S/C26H37N2O5P/c1-7-19-16-28-13-11-20(19)14-25(28)26(33-34(29,31-17(2)3)32-18(4)5)22-10-12-27-24-9-8-21(30-6)15-23(22)24/h7-10,12,15,17-20,25-26H,1,11,13-14,16H2,2-6H3/t19-,20?,25-,26+/m0/s1. The number of phosphoric acid groups is 1. The predicted molar refractivity (Wildman–Crippen MR) is 134 cm³/mol. The van der Waals surface area contributed by atoms with Gasteiger partial charge in [0.25, 0.3) is 0 Å². The second-order valence-electron chi connectivity index (χ2n) is 9.81. The van der Waals surface area contributed by atoms with Gasteiger partial charge in [-0.2, -0.15) is 0 Å². The molecule has 2 aromatic rings. The van der Waals surface area contributed by atoms with Crippen molar-refractivity contribution in [2.75, 3.05) is 20.2 Å². The summed E-state index contributed by atoms with van der Waals surface area (Å²) >= 11 is 0. The lowest BCUT2D eigenvalue weighted by Gasteiger charge is -2.51. The van der Waals surface area contributed by atoms with E-state index in [1.165, 1.54) is 0 Å². The SMILES string of the molecule is C=C[C@H]1CN2CCC1C[C@H]2[C@H](OP(=O)(OC(C)C)OC(C)C)c1ccnc2ccc(OC)cc12. The van der Waals surface area contributed by atoms with Crippen LogP contribution in [0.1, 0.15) is 52.2 Å². The lowest BCUT2D eigenvalue weighted by atomic mass is 9.73. The Morgan fingerprint density at radius 1 is 1.15 bits per heavy atom. The summed E-state index contributed by atoms with van der Waals surface area (Å²) in [5.41, 5.74) is 1.74. The van der Waals surface area contributed by atoms with Crippen LogP contribution in [0.15, 0.2) is 43.1 Å². The molecule has 1 aromatic heterocycles. The van der Waals surface area contributed by atoms with E-state index < -0.39 is 13.9 Å². The molecule has 8 heteroatoms. The maximum atomic E-state index is 13.9. The number of nitrogens with zero attached hydrogens (tertiary/aromatic N) is 2. The minimum absolute atomic E-state index is 0.0339. The summed E-state index contributed by atoms with van der Waals surface area (Å²) in [6, 6.07) is 7.78. The fourth-order valence-electron chi connectivity index (χ4n) is 5.28. The highest BCUT2D eigenvalue weighted by Gasteiger charge is 2.46. The Bertz CT molecular complexity index is 1040. The third kappa shape index (κ3) is 5.39. The van der Waals surface area contributed by atoms with Crippen molar-refractivity contribution in [1.29, 1.82) is 0 Å². The Morgan fingerprint density at radius 2 is 1.88 bits per heavy atom. The smallest absolute Gasteiger partial charge is 0.475 e. The molecule has 5 rings (SSSR count). The third-order valence-corrected chi connectivity index (χ3v) is 8.56. The fraction of sp³-hybridized carbons (Fsp3) is 0.577. The van der Waals surface area contributed by atoms with E-state index in [0.717, 1.165) is 48.1 Å². The zero-order valence-electron chi connectivity index (χ0n) is 20.8. The first kappa shape index (κ1) is 25.3. The van der Waals surface area contributed by atoms with E-state index in [0.29, 0.717) is 11.8 Å². The average molecular weight is 489 g/mol. The summed E-state index contributed by atoms with van der Waals surface area (Å²) in [5.74, 6) is 1.72. The molecule has 34 heavy (non-hydrogen) atoms. The van der Waals surface area contributed by atoms with Gasteiger partial charge in [-0.3, -0.25) is 23.5 Å². The van der Waals surface area contributed by atoms with Crippen molar-refractivity contribution < 1.29 is 22.9 Å². The molecule has 1 aromatic carbocycles. The number of piperidine rings is 3. The minimum Gasteiger partial charge on any atom is -0.497 e. The highest BCUT2D eigenvalue weighted by Crippen LogP contribution is 2.57. The van der Waals surface area contributed by atoms with Gasteiger partial charge in [-0.15, -0.1) is 6.58 Å². The summed E-state index contributed by atoms with van der Waals surface area (Å²) in [6.07, 6.45) is 4.77. The molecule has 3 aliphatic rings. The lowest BCUT2D eigenvalue weighted by Crippen LogP contribution is -2.55. The van der Waals surface area contributed by atoms with Gasteiger partial charge in [-0.1, -0.05) is 6.08 Å². The van der Waals surface area contributed by atoms with Crippen molar-refractivity contribution in [3.05, 3.63) is 48.7 Å². The van der Waals surface area contributed by atoms with Gasteiger partial charge in [0, 0.05) is 24.2 Å². The molecule has 186 valence electrons. The van der Waals surface area contributed by atoms with Crippen molar-refractivity contribution >= 4 is 18.7 Å². The molecule has 2 bridgehead atoms. The van der Waals surface area contributed by atoms with E-state index in [4.69, 9.17) is 18.3 Å². The maximum absolute atomic E-state index is 13.9. The fourth-order valence-corrected chi connectivity index (χ4v) is 6.99. The minimum atomic E-state index is -3.86. The molecule has 0 N–H and O–H groups in total. The van der Waals surface area contributed by atoms with Crippen LogP contribution in [0.2, 0.25) is 0 Å². The van der Waals surface area contributed by atoms with Crippen LogP contribution in [0, 0.1) is 11.8 Å². The maximum Gasteiger partial charge on any atom is 0.475 e. The Hall–Kier alpha value is -1.76. The number of fused-ring (bicyclic) bond motifs is 4. The van der Waals surface area contributed by atoms with Crippen LogP contribution in [-0.2, 0) is 18.1 Å². The average Bonchev–Trinajstić information content (AvgIpc) is 2.81. The van der Waals surface area contributed by atoms with Crippen LogP contribution in [0.4, 0.5) is 0 Å². The van der Waals surface area contributed by atoms with E-state index in [2.05, 4.69) is 22.5 Å². The van der Waals surface area contributed by atoms with Gasteiger partial charge in [0.15, 0.2) is 0 Å². The van der Waals surface area contributed by atoms with Crippen LogP contribution in [0.3, 0.4) is 0 Å². The first-order valence-electron chi connectivity index (χ1n) is 12.2. The molecule has 3 saturated heterocycles. The van der Waals surface area contributed by atoms with E-state index in [1.807, 2.05) is 52.0 Å². The van der Waals surface area contributed by atoms with Crippen LogP contribution in [0.5, 0.6) is 5.75 Å². The molecular formula is C26H37N2O5P. The number of phosphoric ester groups is 1. The third-order valence-electron chi connectivity index (χ3n) is 6.71. The zero-order valence-corrected chi connectivity index (χ0v) is 21.7. The molecule has 3 aliphatic heterocycles. The highest BCUT2D eigenvalue weighted by molar-refractivity contribution is 7.48. The van der Waals surface area contributed by atoms with Crippen molar-refractivity contribution in [2.45, 2.75) is 64.9 Å². The van der Waals surface area contributed by atoms with E-state index in [9.17, 15) is 4.57 Å². The number of ether oxygens (including phenoxy) is 1. The van der Waals surface area contributed by atoms with Gasteiger partial charge in [0.1, 0.15) is 11.9 Å². The number of pyridine rings is 1. The van der Waals surface area contributed by atoms with Gasteiger partial charge in [-0.25, -0.2) is 4.57 Å². The Labute approximate surface area is 203 Å². The Balaban J connectivity index is 1.80. The largest absolute Gasteiger partial charge is 0.497 e. The highest BCUT2D eigenvalue weighted by atomic mass is 31.2. The summed E-state index contributed by atoms with van der Waals surface area (Å²) in [7, 11) is -2.21. The van der Waals surface area contributed by atoms with E-state index in [-0.39, 0.29) is 18.2 Å². The molecule has 0 saturated carbocycles. The van der Waals surface area contributed by atoms with Crippen molar-refractivity contribution in [3.8, 4) is 5.75 Å². The van der Waals surface area contributed by atoms with E-state index in [1.54, 1.807) is 13.3 Å². The Morgan fingerprint density at radius 3 is 2.47 bits per heavy atom. The number of benzene rings is 1. The zero-order chi connectivity index (χ0) is 24.5. The number of rotatable bonds is 10. The van der Waals surface area contributed by atoms with Crippen LogP contribution >= 0.6 is 7.82 Å². The van der Waals surface area contributed by atoms with Gasteiger partial charge >= 0.3 is 7.82 Å². The summed E-state index contributed by atoms with van der Waals surface area (Å²) < 4.78 is 37.5. The van der Waals surface area contributed by atoms with Crippen LogP contribution < -0.4 is 4.74 Å². The molecule has 7 nitrogen and oxygen atoms in total. The summed E-state index contributed by atoms with van der Waals surface area (Å²) in [5, 5.41) is 0.912. The van der Waals surface area contributed by atoms with E-state index >= 15 is 0 Å². The van der Waals surface area contributed by atoms with Crippen molar-refractivity contribution in [1.82, 2.24) is 9.88 Å². The molecule has 0 spiro atoms. The van der Waals surface area contributed by atoms with Crippen molar-refractivity contribution in [3.63, 3.8) is 0 Å². The molecule has 0 aliphatic carbocycles. The number of aromatic nitrogens is 1. The second kappa shape index (κ2) is 10.5. The van der Waals surface area contributed by atoms with Crippen LogP contribution in [0.25, 0.3) is 10.9 Å². The molecular weight excluding hydrogens is 451 g/mol. The normalized spacial score (nSPS) is 25.7. The molecule has 3 fully saturated rings. The number of hydrogen-bond donors (Lipinski definition) is 0. The monoisotopic (exact) mass is 488 g/mol. The lowest BCUT2D eigenvalue weighted by molar-refractivity contribution is -0.0525. The Kier molecular flexibility index (Phi) is 7.80. The first-order chi connectivity index (χ1) is 16.2. The first-order valence-corrected chi connectivity index (χ1v) is 13.6. The molecule has 5 atom stereocenters. The van der Waals surface area contributed by atoms with Crippen LogP contribution in [-0.4, -0.2) is 48.3 Å². The van der Waals surface area contributed by atoms with Gasteiger partial charge < -0.3 is 4.74 Å². The molecule has 0 amide bonds. The summed E-state index contributed by atoms with van der Waals surface area (Å²) in [6.45, 7) is 13.3. The number of methoxy groups -OCH3 is 1. The topological polar surface area (TPSA) is 70.1 Å².